The fourth-order valence-corrected chi connectivity index (χ4v) is 4.24. The summed E-state index contributed by atoms with van der Waals surface area (Å²) in [6, 6.07) is 10.5. The number of anilines is 2. The Labute approximate surface area is 197 Å². The Hall–Kier alpha value is -3.56. The zero-order valence-electron chi connectivity index (χ0n) is 17.6. The van der Waals surface area contributed by atoms with Gasteiger partial charge in [-0.05, 0) is 42.0 Å². The van der Waals surface area contributed by atoms with Gasteiger partial charge in [-0.15, -0.1) is 0 Å². The van der Waals surface area contributed by atoms with Gasteiger partial charge in [0.05, 0.1) is 40.0 Å². The quantitative estimate of drug-likeness (QED) is 0.379. The molecule has 2 aromatic heterocycles. The Morgan fingerprint density at radius 1 is 1.26 bits per heavy atom. The van der Waals surface area contributed by atoms with Gasteiger partial charge in [-0.1, -0.05) is 30.3 Å². The summed E-state index contributed by atoms with van der Waals surface area (Å²) < 4.78 is 45.7. The predicted molar refractivity (Wildman–Crippen MR) is 124 cm³/mol. The van der Waals surface area contributed by atoms with Crippen LogP contribution in [0.15, 0.2) is 55.2 Å². The van der Waals surface area contributed by atoms with Crippen molar-refractivity contribution in [2.45, 2.75) is 12.2 Å². The van der Waals surface area contributed by atoms with Crippen molar-refractivity contribution in [2.24, 2.45) is 0 Å². The number of ether oxygens (including phenoxy) is 1. The van der Waals surface area contributed by atoms with Crippen LogP contribution in [0.2, 0.25) is 5.02 Å². The van der Waals surface area contributed by atoms with E-state index in [0.717, 1.165) is 17.7 Å². The van der Waals surface area contributed by atoms with E-state index < -0.39 is 11.7 Å². The fraction of sp³-hybridized carbons (Fsp3) is 0.167. The Morgan fingerprint density at radius 2 is 2.09 bits per heavy atom. The summed E-state index contributed by atoms with van der Waals surface area (Å²) in [7, 11) is 0. The van der Waals surface area contributed by atoms with Crippen molar-refractivity contribution < 1.29 is 23.0 Å². The number of nitrogens with zero attached hydrogens (tertiary/aromatic N) is 3. The number of imidazole rings is 1. The number of fused-ring (bicyclic) bond motifs is 2. The van der Waals surface area contributed by atoms with Crippen LogP contribution in [0, 0.1) is 0 Å². The van der Waals surface area contributed by atoms with Gasteiger partial charge in [-0.3, -0.25) is 0 Å². The molecule has 2 N–H and O–H groups in total. The Morgan fingerprint density at radius 3 is 2.76 bits per heavy atom. The molecule has 0 saturated heterocycles. The second-order valence-corrected chi connectivity index (χ2v) is 8.17. The second kappa shape index (κ2) is 8.34. The number of hydrogen-bond donors (Lipinski definition) is 2. The molecule has 1 aliphatic heterocycles. The molecule has 0 amide bonds. The minimum atomic E-state index is -4.54. The third-order valence-electron chi connectivity index (χ3n) is 5.63. The summed E-state index contributed by atoms with van der Waals surface area (Å²) in [6.07, 6.45) is -1.18. The molecule has 0 bridgehead atoms. The number of para-hydroxylation sites is 1. The first kappa shape index (κ1) is 22.2. The largest absolute Gasteiger partial charge is 0.488 e. The van der Waals surface area contributed by atoms with Crippen molar-refractivity contribution in [3.05, 3.63) is 71.4 Å². The van der Waals surface area contributed by atoms with Crippen molar-refractivity contribution in [3.63, 3.8) is 0 Å². The molecule has 0 saturated carbocycles. The molecule has 34 heavy (non-hydrogen) atoms. The maximum absolute atomic E-state index is 13.2. The SMILES string of the molecule is C=Cc1ccc(N2c3cccc(-c4nc5c(Cl)cc(C(F)(F)F)cc5[nH]4)c3OC[C@@H]2CO)nc1. The molecule has 0 aliphatic carbocycles. The maximum atomic E-state index is 13.2. The van der Waals surface area contributed by atoms with Crippen LogP contribution in [-0.4, -0.2) is 39.3 Å². The van der Waals surface area contributed by atoms with Crippen LogP contribution in [0.25, 0.3) is 28.5 Å². The standard InChI is InChI=1S/C24H18ClF3N4O2/c1-2-13-6-7-20(29-10-13)32-15(11-33)12-34-22-16(4-3-5-19(22)32)23-30-18-9-14(24(26,27)28)8-17(25)21(18)31-23/h2-10,15,33H,1,11-12H2,(H,30,31)/t15-/m0/s1. The number of halogens is 4. The third-order valence-corrected chi connectivity index (χ3v) is 5.91. The Balaban J connectivity index is 1.63. The smallest absolute Gasteiger partial charge is 0.416 e. The zero-order chi connectivity index (χ0) is 24.0. The number of hydrogen-bond acceptors (Lipinski definition) is 5. The van der Waals surface area contributed by atoms with Crippen LogP contribution in [0.1, 0.15) is 11.1 Å². The lowest BCUT2D eigenvalue weighted by molar-refractivity contribution is -0.137. The molecule has 0 fully saturated rings. The zero-order valence-corrected chi connectivity index (χ0v) is 18.4. The second-order valence-electron chi connectivity index (χ2n) is 7.76. The number of aliphatic hydroxyl groups excluding tert-OH is 1. The molecular weight excluding hydrogens is 469 g/mol. The highest BCUT2D eigenvalue weighted by Gasteiger charge is 2.33. The highest BCUT2D eigenvalue weighted by Crippen LogP contribution is 2.44. The van der Waals surface area contributed by atoms with Gasteiger partial charge in [-0.2, -0.15) is 13.2 Å². The van der Waals surface area contributed by atoms with Crippen LogP contribution in [0.5, 0.6) is 5.75 Å². The van der Waals surface area contributed by atoms with Gasteiger partial charge in [0.2, 0.25) is 0 Å². The highest BCUT2D eigenvalue weighted by atomic mass is 35.5. The maximum Gasteiger partial charge on any atom is 0.416 e. The number of nitrogens with one attached hydrogen (secondary N) is 1. The van der Waals surface area contributed by atoms with Gasteiger partial charge in [0.25, 0.3) is 0 Å². The predicted octanol–water partition coefficient (Wildman–Crippen LogP) is 5.83. The number of aliphatic hydroxyl groups is 1. The first-order chi connectivity index (χ1) is 16.3. The summed E-state index contributed by atoms with van der Waals surface area (Å²) >= 11 is 6.11. The average molecular weight is 487 g/mol. The molecule has 1 aliphatic rings. The van der Waals surface area contributed by atoms with Crippen LogP contribution in [-0.2, 0) is 6.18 Å². The number of aromatic nitrogens is 3. The van der Waals surface area contributed by atoms with Crippen molar-refractivity contribution in [1.82, 2.24) is 15.0 Å². The molecule has 174 valence electrons. The monoisotopic (exact) mass is 486 g/mol. The molecular formula is C24H18ClF3N4O2. The van der Waals surface area contributed by atoms with Crippen LogP contribution in [0.4, 0.5) is 24.7 Å². The summed E-state index contributed by atoms with van der Waals surface area (Å²) in [5, 5.41) is 9.86. The normalized spacial score (nSPS) is 15.8. The lowest BCUT2D eigenvalue weighted by atomic mass is 10.1. The van der Waals surface area contributed by atoms with Crippen molar-refractivity contribution >= 4 is 40.2 Å². The lowest BCUT2D eigenvalue weighted by Gasteiger charge is -2.37. The number of alkyl halides is 3. The number of H-pyrrole nitrogens is 1. The molecule has 6 nitrogen and oxygen atoms in total. The summed E-state index contributed by atoms with van der Waals surface area (Å²) in [5.74, 6) is 1.38. The van der Waals surface area contributed by atoms with Gasteiger partial charge < -0.3 is 19.7 Å². The molecule has 10 heteroatoms. The number of benzene rings is 2. The third kappa shape index (κ3) is 3.76. The molecule has 0 unspecified atom stereocenters. The Bertz CT molecular complexity index is 1390. The van der Waals surface area contributed by atoms with Gasteiger partial charge in [0.15, 0.2) is 5.75 Å². The average Bonchev–Trinajstić information content (AvgIpc) is 3.27. The van der Waals surface area contributed by atoms with Gasteiger partial charge in [0.1, 0.15) is 23.8 Å². The summed E-state index contributed by atoms with van der Waals surface area (Å²) in [5.41, 5.74) is 1.56. The van der Waals surface area contributed by atoms with Crippen LogP contribution < -0.4 is 9.64 Å². The molecule has 0 radical (unpaired) electrons. The van der Waals surface area contributed by atoms with E-state index in [-0.39, 0.29) is 35.3 Å². The molecule has 0 spiro atoms. The van der Waals surface area contributed by atoms with E-state index in [1.807, 2.05) is 23.1 Å². The first-order valence-corrected chi connectivity index (χ1v) is 10.7. The molecule has 4 aromatic rings. The van der Waals surface area contributed by atoms with Crippen molar-refractivity contribution in [1.29, 1.82) is 0 Å². The highest BCUT2D eigenvalue weighted by molar-refractivity contribution is 6.35. The lowest BCUT2D eigenvalue weighted by Crippen LogP contribution is -2.43. The van der Waals surface area contributed by atoms with E-state index in [4.69, 9.17) is 16.3 Å². The van der Waals surface area contributed by atoms with E-state index >= 15 is 0 Å². The van der Waals surface area contributed by atoms with E-state index in [9.17, 15) is 18.3 Å². The van der Waals surface area contributed by atoms with E-state index in [1.165, 1.54) is 0 Å². The van der Waals surface area contributed by atoms with Crippen LogP contribution in [0.3, 0.4) is 0 Å². The topological polar surface area (TPSA) is 74.3 Å². The molecule has 2 aromatic carbocycles. The number of aromatic amines is 1. The van der Waals surface area contributed by atoms with Gasteiger partial charge >= 0.3 is 6.18 Å². The molecule has 5 rings (SSSR count). The number of pyridine rings is 1. The van der Waals surface area contributed by atoms with E-state index in [2.05, 4.69) is 21.5 Å². The van der Waals surface area contributed by atoms with E-state index in [0.29, 0.717) is 28.6 Å². The fourth-order valence-electron chi connectivity index (χ4n) is 3.98. The summed E-state index contributed by atoms with van der Waals surface area (Å²) in [4.78, 5) is 13.7. The molecule has 1 atom stereocenters. The van der Waals surface area contributed by atoms with Crippen molar-refractivity contribution in [2.75, 3.05) is 18.1 Å². The Kier molecular flexibility index (Phi) is 5.45. The van der Waals surface area contributed by atoms with Crippen molar-refractivity contribution in [3.8, 4) is 17.1 Å². The van der Waals surface area contributed by atoms with Gasteiger partial charge in [-0.25, -0.2) is 9.97 Å². The summed E-state index contributed by atoms with van der Waals surface area (Å²) in [6.45, 7) is 3.73. The minimum absolute atomic E-state index is 0.105. The minimum Gasteiger partial charge on any atom is -0.488 e. The first-order valence-electron chi connectivity index (χ1n) is 10.3. The van der Waals surface area contributed by atoms with Gasteiger partial charge in [0, 0.05) is 6.20 Å². The van der Waals surface area contributed by atoms with Crippen LogP contribution >= 0.6 is 11.6 Å². The number of rotatable bonds is 4. The molecule has 3 heterocycles. The van der Waals surface area contributed by atoms with E-state index in [1.54, 1.807) is 24.4 Å².